The Balaban J connectivity index is 2.53. The molecule has 0 aromatic rings. The van der Waals surface area contributed by atoms with Crippen molar-refractivity contribution < 1.29 is 14.9 Å². The number of nitrogens with one attached hydrogen (secondary N) is 1. The van der Waals surface area contributed by atoms with Crippen molar-refractivity contribution in [2.75, 3.05) is 13.2 Å². The van der Waals surface area contributed by atoms with Gasteiger partial charge in [0.25, 0.3) is 0 Å². The Labute approximate surface area is 73.3 Å². The summed E-state index contributed by atoms with van der Waals surface area (Å²) in [7, 11) is 1.81. The highest BCUT2D eigenvalue weighted by Crippen LogP contribution is 2.18. The minimum absolute atomic E-state index is 0.0426. The Morgan fingerprint density at radius 2 is 2.25 bits per heavy atom. The smallest absolute Gasteiger partial charge is 0.142 e. The molecule has 1 saturated heterocycles. The molecule has 4 nitrogen and oxygen atoms in total. The Kier molecular flexibility index (Phi) is 3.52. The molecule has 1 fully saturated rings. The molecule has 4 atom stereocenters. The predicted molar refractivity (Wildman–Crippen MR) is 47.8 cm³/mol. The van der Waals surface area contributed by atoms with Crippen LogP contribution in [-0.2, 0) is 4.74 Å². The molecular weight excluding hydrogens is 157 g/mol. The minimum atomic E-state index is -0.512. The zero-order valence-electron chi connectivity index (χ0n) is 7.53. The molecule has 1 aliphatic rings. The molecule has 70 valence electrons. The van der Waals surface area contributed by atoms with E-state index in [0.29, 0.717) is 0 Å². The van der Waals surface area contributed by atoms with Crippen molar-refractivity contribution in [3.05, 3.63) is 0 Å². The van der Waals surface area contributed by atoms with Crippen LogP contribution in [-0.4, -0.2) is 55.5 Å². The first-order chi connectivity index (χ1) is 5.70. The number of aliphatic hydroxyl groups is 2. The highest BCUT2D eigenvalue weighted by Gasteiger charge is 2.39. The van der Waals surface area contributed by atoms with Crippen LogP contribution < -0.4 is 5.32 Å². The van der Waals surface area contributed by atoms with E-state index in [1.165, 1.54) is 0 Å². The van der Waals surface area contributed by atoms with Crippen molar-refractivity contribution >= 4 is 7.85 Å². The molecule has 3 N–H and O–H groups in total. The van der Waals surface area contributed by atoms with Crippen LogP contribution in [0.15, 0.2) is 0 Å². The summed E-state index contributed by atoms with van der Waals surface area (Å²) in [6, 6.07) is -0.318. The van der Waals surface area contributed by atoms with E-state index < -0.39 is 6.10 Å². The van der Waals surface area contributed by atoms with Crippen LogP contribution in [0.25, 0.3) is 0 Å². The van der Waals surface area contributed by atoms with Crippen LogP contribution in [0.5, 0.6) is 0 Å². The molecule has 0 spiro atoms. The van der Waals surface area contributed by atoms with Gasteiger partial charge in [-0.25, -0.2) is 0 Å². The highest BCUT2D eigenvalue weighted by molar-refractivity contribution is 6.11. The summed E-state index contributed by atoms with van der Waals surface area (Å²) in [5, 5.41) is 21.6. The molecule has 1 aliphatic heterocycles. The fraction of sp³-hybridized carbons (Fsp3) is 1.00. The summed E-state index contributed by atoms with van der Waals surface area (Å²) in [5.74, 6) is 0. The first kappa shape index (κ1) is 9.99. The second-order valence-corrected chi connectivity index (χ2v) is 3.14. The monoisotopic (exact) mass is 173 g/mol. The quantitative estimate of drug-likeness (QED) is 0.419. The summed E-state index contributed by atoms with van der Waals surface area (Å²) in [4.78, 5) is 0. The lowest BCUT2D eigenvalue weighted by molar-refractivity contribution is 0.0274. The van der Waals surface area contributed by atoms with Crippen molar-refractivity contribution in [3.8, 4) is 0 Å². The molecule has 0 radical (unpaired) electrons. The van der Waals surface area contributed by atoms with E-state index in [-0.39, 0.29) is 24.8 Å². The van der Waals surface area contributed by atoms with Crippen LogP contribution in [0.1, 0.15) is 6.92 Å². The van der Waals surface area contributed by atoms with Gasteiger partial charge in [-0.1, -0.05) is 6.92 Å². The first-order valence-corrected chi connectivity index (χ1v) is 4.38. The van der Waals surface area contributed by atoms with Crippen LogP contribution in [0.3, 0.4) is 0 Å². The lowest BCUT2D eigenvalue weighted by Gasteiger charge is -2.19. The number of aliphatic hydroxyl groups excluding tert-OH is 2. The van der Waals surface area contributed by atoms with Crippen molar-refractivity contribution in [2.45, 2.75) is 31.2 Å². The average Bonchev–Trinajstić information content (AvgIpc) is 2.33. The third-order valence-electron chi connectivity index (χ3n) is 2.26. The fourth-order valence-corrected chi connectivity index (χ4v) is 1.60. The highest BCUT2D eigenvalue weighted by atomic mass is 16.5. The molecule has 0 aromatic heterocycles. The van der Waals surface area contributed by atoms with Crippen LogP contribution in [0.4, 0.5) is 0 Å². The molecule has 0 aliphatic carbocycles. The second-order valence-electron chi connectivity index (χ2n) is 3.14. The number of hydrogen-bond acceptors (Lipinski definition) is 4. The summed E-state index contributed by atoms with van der Waals surface area (Å²) in [5.41, 5.74) is 0. The maximum Gasteiger partial charge on any atom is 0.142 e. The molecule has 0 saturated carbocycles. The molecule has 1 heterocycles. The maximum atomic E-state index is 9.59. The Morgan fingerprint density at radius 3 is 2.75 bits per heavy atom. The third-order valence-corrected chi connectivity index (χ3v) is 2.26. The van der Waals surface area contributed by atoms with Crippen molar-refractivity contribution in [2.24, 2.45) is 0 Å². The fourth-order valence-electron chi connectivity index (χ4n) is 1.60. The SMILES string of the molecule is B[C@@H]1O[C@H](CO)C(NCC)[C@@H]1O. The number of hydrogen-bond donors (Lipinski definition) is 3. The van der Waals surface area contributed by atoms with Crippen molar-refractivity contribution in [1.29, 1.82) is 0 Å². The van der Waals surface area contributed by atoms with E-state index in [1.807, 2.05) is 14.8 Å². The molecule has 1 unspecified atom stereocenters. The van der Waals surface area contributed by atoms with Gasteiger partial charge in [-0.05, 0) is 6.54 Å². The Hall–Kier alpha value is -0.0951. The molecular formula is C7H16BNO3. The lowest BCUT2D eigenvalue weighted by Crippen LogP contribution is -2.45. The molecule has 0 bridgehead atoms. The zero-order valence-corrected chi connectivity index (χ0v) is 7.53. The molecule has 12 heavy (non-hydrogen) atoms. The van der Waals surface area contributed by atoms with Gasteiger partial charge in [-0.3, -0.25) is 0 Å². The van der Waals surface area contributed by atoms with Crippen molar-refractivity contribution in [1.82, 2.24) is 5.32 Å². The molecule has 5 heteroatoms. The second kappa shape index (κ2) is 4.23. The summed E-state index contributed by atoms with van der Waals surface area (Å²) in [6.07, 6.45) is -0.781. The number of likely N-dealkylation sites (N-methyl/N-ethyl adjacent to an activating group) is 1. The normalized spacial score (nSPS) is 41.9. The van der Waals surface area contributed by atoms with Gasteiger partial charge in [0, 0.05) is 0 Å². The number of ether oxygens (including phenoxy) is 1. The van der Waals surface area contributed by atoms with Crippen molar-refractivity contribution in [3.63, 3.8) is 0 Å². The van der Waals surface area contributed by atoms with Gasteiger partial charge in [0.2, 0.25) is 0 Å². The van der Waals surface area contributed by atoms with E-state index in [4.69, 9.17) is 9.84 Å². The minimum Gasteiger partial charge on any atom is -0.394 e. The summed E-state index contributed by atoms with van der Waals surface area (Å²) in [6.45, 7) is 2.69. The predicted octanol–water partition coefficient (Wildman–Crippen LogP) is -2.32. The average molecular weight is 173 g/mol. The van der Waals surface area contributed by atoms with Gasteiger partial charge < -0.3 is 20.3 Å². The standard InChI is InChI=1S/C7H16BNO3/c1-2-9-5-4(3-10)12-7(8)6(5)11/h4-7,9-11H,2-3,8H2,1H3/t4-,5?,6+,7-/m1/s1. The van der Waals surface area contributed by atoms with Gasteiger partial charge in [0.05, 0.1) is 30.9 Å². The topological polar surface area (TPSA) is 61.7 Å². The Morgan fingerprint density at radius 1 is 1.58 bits per heavy atom. The van der Waals surface area contributed by atoms with E-state index in [9.17, 15) is 5.11 Å². The maximum absolute atomic E-state index is 9.59. The summed E-state index contributed by atoms with van der Waals surface area (Å²) < 4.78 is 5.33. The van der Waals surface area contributed by atoms with Gasteiger partial charge in [-0.2, -0.15) is 0 Å². The Bertz CT molecular complexity index is 147. The van der Waals surface area contributed by atoms with Crippen LogP contribution >= 0.6 is 0 Å². The van der Waals surface area contributed by atoms with Crippen LogP contribution in [0.2, 0.25) is 0 Å². The van der Waals surface area contributed by atoms with Crippen LogP contribution in [0, 0.1) is 0 Å². The van der Waals surface area contributed by atoms with E-state index in [2.05, 4.69) is 5.32 Å². The molecule has 1 rings (SSSR count). The summed E-state index contributed by atoms with van der Waals surface area (Å²) >= 11 is 0. The van der Waals surface area contributed by atoms with Gasteiger partial charge in [0.15, 0.2) is 0 Å². The first-order valence-electron chi connectivity index (χ1n) is 4.38. The third kappa shape index (κ3) is 1.80. The molecule has 0 amide bonds. The van der Waals surface area contributed by atoms with E-state index in [0.717, 1.165) is 6.54 Å². The van der Waals surface area contributed by atoms with E-state index in [1.54, 1.807) is 0 Å². The number of rotatable bonds is 3. The van der Waals surface area contributed by atoms with Gasteiger partial charge in [0.1, 0.15) is 7.85 Å². The lowest BCUT2D eigenvalue weighted by atomic mass is 9.92. The largest absolute Gasteiger partial charge is 0.394 e. The van der Waals surface area contributed by atoms with Gasteiger partial charge in [-0.15, -0.1) is 0 Å². The molecule has 0 aromatic carbocycles. The van der Waals surface area contributed by atoms with E-state index >= 15 is 0 Å². The van der Waals surface area contributed by atoms with Gasteiger partial charge >= 0.3 is 0 Å². The zero-order chi connectivity index (χ0) is 9.14.